The van der Waals surface area contributed by atoms with Crippen molar-refractivity contribution in [1.82, 2.24) is 16.1 Å². The second-order valence-electron chi connectivity index (χ2n) is 2.85. The first-order chi connectivity index (χ1) is 7.20. The molecule has 78 valence electrons. The quantitative estimate of drug-likeness (QED) is 0.601. The van der Waals surface area contributed by atoms with Crippen LogP contribution in [-0.2, 0) is 0 Å². The molecule has 0 unspecified atom stereocenters. The van der Waals surface area contributed by atoms with Gasteiger partial charge in [-0.15, -0.1) is 11.1 Å². The summed E-state index contributed by atoms with van der Waals surface area (Å²) in [5.41, 5.74) is 10.4. The summed E-state index contributed by atoms with van der Waals surface area (Å²) in [6, 6.07) is 7.37. The molecular weight excluding hydrogens is 198 g/mol. The summed E-state index contributed by atoms with van der Waals surface area (Å²) in [6.45, 7) is 0. The Morgan fingerprint density at radius 2 is 1.87 bits per heavy atom. The van der Waals surface area contributed by atoms with Gasteiger partial charge in [0.1, 0.15) is 0 Å². The molecule has 4 amide bonds. The third-order valence-electron chi connectivity index (χ3n) is 1.89. The first-order valence-corrected chi connectivity index (χ1v) is 4.20. The van der Waals surface area contributed by atoms with Gasteiger partial charge in [-0.3, -0.25) is 0 Å². The van der Waals surface area contributed by atoms with Gasteiger partial charge in [0.25, 0.3) is 0 Å². The number of hydrazine groups is 3. The maximum Gasteiger partial charge on any atom is 0.364 e. The lowest BCUT2D eigenvalue weighted by molar-refractivity contribution is 0.189. The van der Waals surface area contributed by atoms with Gasteiger partial charge in [0.05, 0.1) is 5.69 Å². The summed E-state index contributed by atoms with van der Waals surface area (Å²) >= 11 is 0. The number of amides is 4. The molecule has 1 aliphatic heterocycles. The highest BCUT2D eigenvalue weighted by molar-refractivity contribution is 6.01. The first-order valence-electron chi connectivity index (χ1n) is 4.20. The molecule has 0 radical (unpaired) electrons. The molecule has 0 spiro atoms. The van der Waals surface area contributed by atoms with E-state index in [1.54, 1.807) is 24.3 Å². The normalized spacial score (nSPS) is 15.9. The van der Waals surface area contributed by atoms with E-state index in [9.17, 15) is 9.59 Å². The van der Waals surface area contributed by atoms with Crippen LogP contribution in [0.5, 0.6) is 0 Å². The summed E-state index contributed by atoms with van der Waals surface area (Å²) < 4.78 is 0. The Kier molecular flexibility index (Phi) is 2.24. The fourth-order valence-electron chi connectivity index (χ4n) is 1.20. The number of carbonyl (C=O) groups excluding carboxylic acids is 2. The molecule has 1 saturated heterocycles. The maximum atomic E-state index is 11.6. The maximum absolute atomic E-state index is 11.6. The lowest BCUT2D eigenvalue weighted by Crippen LogP contribution is -2.45. The van der Waals surface area contributed by atoms with Crippen molar-refractivity contribution in [1.29, 1.82) is 0 Å². The molecule has 0 aliphatic carbocycles. The molecule has 1 aromatic carbocycles. The SMILES string of the molecule is NC(=O)N1NNN(c2ccccc2)C1=O. The molecule has 0 bridgehead atoms. The fourth-order valence-corrected chi connectivity index (χ4v) is 1.20. The standard InChI is InChI=1S/C8H9N5O2/c9-7(14)13-8(15)12(10-11-13)6-4-2-1-3-5-6/h1-5,10-11H,(H2,9,14). The van der Waals surface area contributed by atoms with Gasteiger partial charge in [-0.1, -0.05) is 18.2 Å². The predicted octanol–water partition coefficient (Wildman–Crippen LogP) is -0.0685. The van der Waals surface area contributed by atoms with E-state index in [2.05, 4.69) is 11.1 Å². The number of anilines is 1. The van der Waals surface area contributed by atoms with E-state index in [-0.39, 0.29) is 0 Å². The number of primary amides is 1. The Morgan fingerprint density at radius 1 is 1.20 bits per heavy atom. The fraction of sp³-hybridized carbons (Fsp3) is 0. The minimum Gasteiger partial charge on any atom is -0.350 e. The highest BCUT2D eigenvalue weighted by Gasteiger charge is 2.32. The highest BCUT2D eigenvalue weighted by Crippen LogP contribution is 2.14. The van der Waals surface area contributed by atoms with E-state index in [1.807, 2.05) is 6.07 Å². The van der Waals surface area contributed by atoms with Crippen molar-refractivity contribution in [2.45, 2.75) is 0 Å². The second-order valence-corrected chi connectivity index (χ2v) is 2.85. The molecule has 1 aromatic rings. The number of hydrogen-bond acceptors (Lipinski definition) is 4. The molecule has 1 fully saturated rings. The zero-order chi connectivity index (χ0) is 10.8. The zero-order valence-electron chi connectivity index (χ0n) is 7.68. The molecule has 1 heterocycles. The number of nitrogens with two attached hydrogens (primary N) is 1. The number of nitrogens with one attached hydrogen (secondary N) is 2. The van der Waals surface area contributed by atoms with Gasteiger partial charge < -0.3 is 5.73 Å². The van der Waals surface area contributed by atoms with Crippen molar-refractivity contribution in [2.75, 3.05) is 5.01 Å². The van der Waals surface area contributed by atoms with Crippen LogP contribution in [0.3, 0.4) is 0 Å². The molecule has 4 N–H and O–H groups in total. The molecule has 0 atom stereocenters. The van der Waals surface area contributed by atoms with Gasteiger partial charge in [0.2, 0.25) is 0 Å². The van der Waals surface area contributed by atoms with E-state index >= 15 is 0 Å². The topological polar surface area (TPSA) is 90.7 Å². The van der Waals surface area contributed by atoms with Crippen LogP contribution < -0.4 is 21.8 Å². The Morgan fingerprint density at radius 3 is 2.40 bits per heavy atom. The van der Waals surface area contributed by atoms with Crippen LogP contribution in [-0.4, -0.2) is 17.1 Å². The monoisotopic (exact) mass is 207 g/mol. The van der Waals surface area contributed by atoms with Gasteiger partial charge in [-0.25, -0.2) is 14.6 Å². The molecule has 7 heteroatoms. The van der Waals surface area contributed by atoms with Crippen LogP contribution in [0.2, 0.25) is 0 Å². The van der Waals surface area contributed by atoms with Crippen LogP contribution in [0.15, 0.2) is 30.3 Å². The second kappa shape index (κ2) is 3.56. The van der Waals surface area contributed by atoms with Crippen molar-refractivity contribution in [3.05, 3.63) is 30.3 Å². The van der Waals surface area contributed by atoms with E-state index in [1.165, 1.54) is 5.01 Å². The van der Waals surface area contributed by atoms with Crippen molar-refractivity contribution in [3.63, 3.8) is 0 Å². The third-order valence-corrected chi connectivity index (χ3v) is 1.89. The van der Waals surface area contributed by atoms with Gasteiger partial charge in [0.15, 0.2) is 0 Å². The summed E-state index contributed by atoms with van der Waals surface area (Å²) in [7, 11) is 0. The predicted molar refractivity (Wildman–Crippen MR) is 52.0 cm³/mol. The van der Waals surface area contributed by atoms with E-state index in [4.69, 9.17) is 5.73 Å². The Labute approximate surface area is 85.3 Å². The van der Waals surface area contributed by atoms with Crippen molar-refractivity contribution < 1.29 is 9.59 Å². The van der Waals surface area contributed by atoms with Crippen LogP contribution >= 0.6 is 0 Å². The first kappa shape index (κ1) is 9.44. The third kappa shape index (κ3) is 1.60. The van der Waals surface area contributed by atoms with E-state index in [0.717, 1.165) is 0 Å². The Bertz CT molecular complexity index is 393. The average molecular weight is 207 g/mol. The number of benzene rings is 1. The number of rotatable bonds is 1. The molecule has 15 heavy (non-hydrogen) atoms. The van der Waals surface area contributed by atoms with Crippen molar-refractivity contribution >= 4 is 17.7 Å². The van der Waals surface area contributed by atoms with E-state index in [0.29, 0.717) is 10.7 Å². The summed E-state index contributed by atoms with van der Waals surface area (Å²) in [4.78, 5) is 22.4. The highest BCUT2D eigenvalue weighted by atomic mass is 16.2. The van der Waals surface area contributed by atoms with Crippen molar-refractivity contribution in [3.8, 4) is 0 Å². The van der Waals surface area contributed by atoms with Gasteiger partial charge in [0, 0.05) is 0 Å². The number of carbonyl (C=O) groups is 2. The lowest BCUT2D eigenvalue weighted by Gasteiger charge is -2.12. The minimum absolute atomic E-state index is 0.575. The summed E-state index contributed by atoms with van der Waals surface area (Å²) in [6.07, 6.45) is 0. The Hall–Kier alpha value is -2.12. The molecule has 7 nitrogen and oxygen atoms in total. The van der Waals surface area contributed by atoms with Crippen molar-refractivity contribution in [2.24, 2.45) is 5.73 Å². The average Bonchev–Trinajstić information content (AvgIpc) is 2.61. The lowest BCUT2D eigenvalue weighted by atomic mass is 10.3. The van der Waals surface area contributed by atoms with Gasteiger partial charge >= 0.3 is 12.1 Å². The van der Waals surface area contributed by atoms with Gasteiger partial charge in [-0.05, 0) is 12.1 Å². The number of hydrogen-bond donors (Lipinski definition) is 3. The van der Waals surface area contributed by atoms with Crippen LogP contribution in [0.1, 0.15) is 0 Å². The van der Waals surface area contributed by atoms with E-state index < -0.39 is 12.1 Å². The smallest absolute Gasteiger partial charge is 0.350 e. The molecule has 0 saturated carbocycles. The van der Waals surface area contributed by atoms with Crippen LogP contribution in [0.25, 0.3) is 0 Å². The number of para-hydroxylation sites is 1. The summed E-state index contributed by atoms with van der Waals surface area (Å²) in [5.74, 6) is 0. The number of imide groups is 1. The molecule has 0 aromatic heterocycles. The van der Waals surface area contributed by atoms with Crippen LogP contribution in [0.4, 0.5) is 15.3 Å². The molecule has 2 rings (SSSR count). The largest absolute Gasteiger partial charge is 0.364 e. The minimum atomic E-state index is -0.870. The zero-order valence-corrected chi connectivity index (χ0v) is 7.68. The molecular formula is C8H9N5O2. The van der Waals surface area contributed by atoms with Gasteiger partial charge in [-0.2, -0.15) is 5.01 Å². The summed E-state index contributed by atoms with van der Waals surface area (Å²) in [5, 5.41) is 1.84. The Balaban J connectivity index is 2.21. The molecule has 1 aliphatic rings. The number of urea groups is 2. The van der Waals surface area contributed by atoms with Crippen LogP contribution in [0, 0.1) is 0 Å². The number of nitrogens with zero attached hydrogens (tertiary/aromatic N) is 2.